The van der Waals surface area contributed by atoms with Crippen molar-refractivity contribution in [3.63, 3.8) is 0 Å². The maximum atomic E-state index is 11.7. The maximum absolute atomic E-state index is 11.7. The first-order valence-corrected chi connectivity index (χ1v) is 8.58. The van der Waals surface area contributed by atoms with E-state index in [1.807, 2.05) is 0 Å². The van der Waals surface area contributed by atoms with Gasteiger partial charge in [0, 0.05) is 19.6 Å². The summed E-state index contributed by atoms with van der Waals surface area (Å²) >= 11 is 0. The standard InChI is InChI=1S/C17H35NO3/c1-5-15(6-2)10-14-21-17(7-3,8-4)11-9-16(20)18-12-13-19/h15,19H,5-14H2,1-4H3,(H,18,20). The lowest BCUT2D eigenvalue weighted by molar-refractivity contribution is -0.124. The van der Waals surface area contributed by atoms with E-state index in [1.54, 1.807) is 0 Å². The fraction of sp³-hybridized carbons (Fsp3) is 0.941. The third-order valence-electron chi connectivity index (χ3n) is 4.62. The Morgan fingerprint density at radius 3 is 2.29 bits per heavy atom. The van der Waals surface area contributed by atoms with Crippen LogP contribution in [-0.2, 0) is 9.53 Å². The van der Waals surface area contributed by atoms with Crippen LogP contribution in [0.4, 0.5) is 0 Å². The van der Waals surface area contributed by atoms with E-state index in [0.717, 1.165) is 38.2 Å². The monoisotopic (exact) mass is 301 g/mol. The summed E-state index contributed by atoms with van der Waals surface area (Å²) in [4.78, 5) is 11.7. The molecule has 0 fully saturated rings. The molecule has 0 aromatic heterocycles. The lowest BCUT2D eigenvalue weighted by Gasteiger charge is -2.32. The lowest BCUT2D eigenvalue weighted by atomic mass is 9.91. The predicted octanol–water partition coefficient (Wildman–Crippen LogP) is 3.28. The Labute approximate surface area is 130 Å². The molecular formula is C17H35NO3. The van der Waals surface area contributed by atoms with Crippen molar-refractivity contribution in [2.75, 3.05) is 19.8 Å². The van der Waals surface area contributed by atoms with Crippen LogP contribution in [0.25, 0.3) is 0 Å². The highest BCUT2D eigenvalue weighted by atomic mass is 16.5. The molecule has 0 aliphatic carbocycles. The molecule has 0 bridgehead atoms. The zero-order chi connectivity index (χ0) is 16.1. The quantitative estimate of drug-likeness (QED) is 0.549. The second-order valence-corrected chi connectivity index (χ2v) is 5.78. The summed E-state index contributed by atoms with van der Waals surface area (Å²) in [6, 6.07) is 0. The lowest BCUT2D eigenvalue weighted by Crippen LogP contribution is -2.35. The minimum absolute atomic E-state index is 0.00100. The third-order valence-corrected chi connectivity index (χ3v) is 4.62. The topological polar surface area (TPSA) is 58.6 Å². The molecule has 0 heterocycles. The second kappa shape index (κ2) is 12.0. The van der Waals surface area contributed by atoms with Gasteiger partial charge < -0.3 is 15.2 Å². The van der Waals surface area contributed by atoms with Crippen molar-refractivity contribution in [3.05, 3.63) is 0 Å². The van der Waals surface area contributed by atoms with Gasteiger partial charge in [-0.1, -0.05) is 40.5 Å². The van der Waals surface area contributed by atoms with Gasteiger partial charge in [0.1, 0.15) is 0 Å². The van der Waals surface area contributed by atoms with Gasteiger partial charge in [-0.05, 0) is 31.6 Å². The molecule has 2 N–H and O–H groups in total. The summed E-state index contributed by atoms with van der Waals surface area (Å²) in [7, 11) is 0. The van der Waals surface area contributed by atoms with Gasteiger partial charge in [-0.15, -0.1) is 0 Å². The second-order valence-electron chi connectivity index (χ2n) is 5.78. The van der Waals surface area contributed by atoms with Crippen molar-refractivity contribution < 1.29 is 14.6 Å². The molecule has 0 aliphatic rings. The number of amides is 1. The third kappa shape index (κ3) is 8.42. The fourth-order valence-corrected chi connectivity index (χ4v) is 2.64. The number of aliphatic hydroxyl groups is 1. The van der Waals surface area contributed by atoms with E-state index in [9.17, 15) is 4.79 Å². The largest absolute Gasteiger partial charge is 0.395 e. The molecule has 0 spiro atoms. The molecule has 1 amide bonds. The number of aliphatic hydroxyl groups excluding tert-OH is 1. The number of hydrogen-bond donors (Lipinski definition) is 2. The highest BCUT2D eigenvalue weighted by Crippen LogP contribution is 2.27. The van der Waals surface area contributed by atoms with Crippen molar-refractivity contribution in [1.82, 2.24) is 5.32 Å². The van der Waals surface area contributed by atoms with Gasteiger partial charge >= 0.3 is 0 Å². The molecule has 4 nitrogen and oxygen atoms in total. The Morgan fingerprint density at radius 2 is 1.81 bits per heavy atom. The van der Waals surface area contributed by atoms with Crippen LogP contribution < -0.4 is 5.32 Å². The summed E-state index contributed by atoms with van der Waals surface area (Å²) in [6.45, 7) is 9.83. The Morgan fingerprint density at radius 1 is 1.19 bits per heavy atom. The van der Waals surface area contributed by atoms with Crippen LogP contribution >= 0.6 is 0 Å². The molecular weight excluding hydrogens is 266 g/mol. The molecule has 0 aliphatic heterocycles. The van der Waals surface area contributed by atoms with Crippen molar-refractivity contribution in [2.24, 2.45) is 5.92 Å². The summed E-state index contributed by atoms with van der Waals surface area (Å²) in [5, 5.41) is 11.4. The van der Waals surface area contributed by atoms with E-state index in [4.69, 9.17) is 9.84 Å². The van der Waals surface area contributed by atoms with Crippen molar-refractivity contribution in [1.29, 1.82) is 0 Å². The predicted molar refractivity (Wildman–Crippen MR) is 87.3 cm³/mol. The number of ether oxygens (including phenoxy) is 1. The van der Waals surface area contributed by atoms with Crippen LogP contribution in [0.1, 0.15) is 72.6 Å². The van der Waals surface area contributed by atoms with E-state index >= 15 is 0 Å². The van der Waals surface area contributed by atoms with Gasteiger partial charge in [-0.25, -0.2) is 0 Å². The maximum Gasteiger partial charge on any atom is 0.220 e. The van der Waals surface area contributed by atoms with E-state index in [1.165, 1.54) is 12.8 Å². The highest BCUT2D eigenvalue weighted by Gasteiger charge is 2.27. The number of nitrogens with one attached hydrogen (secondary N) is 1. The van der Waals surface area contributed by atoms with Gasteiger partial charge in [0.15, 0.2) is 0 Å². The molecule has 4 heteroatoms. The molecule has 0 rings (SSSR count). The average Bonchev–Trinajstić information content (AvgIpc) is 2.53. The molecule has 0 radical (unpaired) electrons. The molecule has 0 atom stereocenters. The van der Waals surface area contributed by atoms with Crippen molar-refractivity contribution in [3.8, 4) is 0 Å². The molecule has 0 saturated carbocycles. The number of carbonyl (C=O) groups is 1. The van der Waals surface area contributed by atoms with E-state index in [-0.39, 0.29) is 18.1 Å². The normalized spacial score (nSPS) is 11.9. The number of hydrogen-bond acceptors (Lipinski definition) is 3. The van der Waals surface area contributed by atoms with E-state index in [2.05, 4.69) is 33.0 Å². The summed E-state index contributed by atoms with van der Waals surface area (Å²) in [5.41, 5.74) is -0.178. The Kier molecular flexibility index (Phi) is 11.6. The minimum Gasteiger partial charge on any atom is -0.395 e. The number of rotatable bonds is 13. The summed E-state index contributed by atoms with van der Waals surface area (Å²) < 4.78 is 6.19. The fourth-order valence-electron chi connectivity index (χ4n) is 2.64. The number of carbonyl (C=O) groups excluding carboxylic acids is 1. The van der Waals surface area contributed by atoms with Crippen molar-refractivity contribution >= 4 is 5.91 Å². The minimum atomic E-state index is -0.178. The zero-order valence-electron chi connectivity index (χ0n) is 14.4. The van der Waals surface area contributed by atoms with Gasteiger partial charge in [0.2, 0.25) is 5.91 Å². The smallest absolute Gasteiger partial charge is 0.220 e. The molecule has 21 heavy (non-hydrogen) atoms. The molecule has 0 unspecified atom stereocenters. The highest BCUT2D eigenvalue weighted by molar-refractivity contribution is 5.75. The van der Waals surface area contributed by atoms with Crippen LogP contribution in [0.2, 0.25) is 0 Å². The van der Waals surface area contributed by atoms with E-state index < -0.39 is 0 Å². The SMILES string of the molecule is CCC(CC)CCOC(CC)(CC)CCC(=O)NCCO. The van der Waals surface area contributed by atoms with Gasteiger partial charge in [0.25, 0.3) is 0 Å². The molecule has 0 saturated heterocycles. The van der Waals surface area contributed by atoms with Crippen LogP contribution in [-0.4, -0.2) is 36.4 Å². The Balaban J connectivity index is 4.25. The Hall–Kier alpha value is -0.610. The zero-order valence-corrected chi connectivity index (χ0v) is 14.4. The van der Waals surface area contributed by atoms with E-state index in [0.29, 0.717) is 13.0 Å². The Bertz CT molecular complexity index is 261. The van der Waals surface area contributed by atoms with Crippen LogP contribution in [0, 0.1) is 5.92 Å². The average molecular weight is 301 g/mol. The molecule has 126 valence electrons. The first kappa shape index (κ1) is 20.4. The van der Waals surface area contributed by atoms with Gasteiger partial charge in [-0.2, -0.15) is 0 Å². The first-order chi connectivity index (χ1) is 10.1. The molecule has 0 aromatic rings. The summed E-state index contributed by atoms with van der Waals surface area (Å²) in [6.07, 6.45) is 6.58. The van der Waals surface area contributed by atoms with Crippen LogP contribution in [0.3, 0.4) is 0 Å². The van der Waals surface area contributed by atoms with Crippen LogP contribution in [0.5, 0.6) is 0 Å². The van der Waals surface area contributed by atoms with Gasteiger partial charge in [-0.3, -0.25) is 4.79 Å². The van der Waals surface area contributed by atoms with Crippen LogP contribution in [0.15, 0.2) is 0 Å². The first-order valence-electron chi connectivity index (χ1n) is 8.58. The summed E-state index contributed by atoms with van der Waals surface area (Å²) in [5.74, 6) is 0.739. The van der Waals surface area contributed by atoms with Gasteiger partial charge in [0.05, 0.1) is 12.2 Å². The van der Waals surface area contributed by atoms with Crippen molar-refractivity contribution in [2.45, 2.75) is 78.2 Å². The molecule has 0 aromatic carbocycles.